The Morgan fingerprint density at radius 3 is 3.09 bits per heavy atom. The van der Waals surface area contributed by atoms with Crippen LogP contribution in [0.15, 0.2) is 12.5 Å². The van der Waals surface area contributed by atoms with Crippen molar-refractivity contribution in [3.8, 4) is 0 Å². The maximum absolute atomic E-state index is 14.4. The van der Waals surface area contributed by atoms with Gasteiger partial charge in [-0.1, -0.05) is 0 Å². The predicted molar refractivity (Wildman–Crippen MR) is 76.2 cm³/mol. The van der Waals surface area contributed by atoms with Crippen LogP contribution in [0, 0.1) is 0 Å². The average molecular weight is 308 g/mol. The summed E-state index contributed by atoms with van der Waals surface area (Å²) < 4.78 is 21.5. The quantitative estimate of drug-likeness (QED) is 0.743. The topological polar surface area (TPSA) is 92.4 Å². The second-order valence-corrected chi connectivity index (χ2v) is 5.70. The Hall–Kier alpha value is -1.77. The van der Waals surface area contributed by atoms with Gasteiger partial charge in [-0.2, -0.15) is 0 Å². The van der Waals surface area contributed by atoms with E-state index in [0.717, 1.165) is 36.2 Å². The molecule has 22 heavy (non-hydrogen) atoms. The number of rotatable bonds is 2. The lowest BCUT2D eigenvalue weighted by molar-refractivity contribution is -0.0457. The third kappa shape index (κ3) is 1.91. The van der Waals surface area contributed by atoms with E-state index in [4.69, 9.17) is 4.74 Å². The van der Waals surface area contributed by atoms with Crippen molar-refractivity contribution in [1.82, 2.24) is 14.5 Å². The van der Waals surface area contributed by atoms with Crippen LogP contribution in [-0.2, 0) is 11.2 Å². The largest absolute Gasteiger partial charge is 0.394 e. The van der Waals surface area contributed by atoms with E-state index in [1.807, 2.05) is 6.20 Å². The molecule has 3 N–H and O–H groups in total. The van der Waals surface area contributed by atoms with Crippen molar-refractivity contribution in [2.24, 2.45) is 0 Å². The molecule has 2 aromatic heterocycles. The minimum atomic E-state index is -1.62. The Balaban J connectivity index is 1.83. The molecule has 2 aromatic rings. The number of hydrogen-bond acceptors (Lipinski definition) is 6. The molecule has 0 radical (unpaired) electrons. The van der Waals surface area contributed by atoms with Gasteiger partial charge >= 0.3 is 0 Å². The SMILES string of the molecule is OC[C@H]1O[C@@H](n2cc3c4c(ncnc42)NCCC3)[C@H](F)[C@@H]1O. The van der Waals surface area contributed by atoms with Gasteiger partial charge in [0.05, 0.1) is 12.0 Å². The molecular weight excluding hydrogens is 291 g/mol. The van der Waals surface area contributed by atoms with Crippen molar-refractivity contribution in [3.63, 3.8) is 0 Å². The predicted octanol–water partition coefficient (Wildman–Crippen LogP) is 0.378. The molecular formula is C14H17FN4O3. The van der Waals surface area contributed by atoms with E-state index in [2.05, 4.69) is 15.3 Å². The number of ether oxygens (including phenoxy) is 1. The van der Waals surface area contributed by atoms with Crippen molar-refractivity contribution in [3.05, 3.63) is 18.1 Å². The summed E-state index contributed by atoms with van der Waals surface area (Å²) in [6, 6.07) is 0. The summed E-state index contributed by atoms with van der Waals surface area (Å²) >= 11 is 0. The molecule has 7 nitrogen and oxygen atoms in total. The van der Waals surface area contributed by atoms with Gasteiger partial charge in [0, 0.05) is 12.7 Å². The average Bonchev–Trinajstić information content (AvgIpc) is 2.94. The number of nitrogens with one attached hydrogen (secondary N) is 1. The van der Waals surface area contributed by atoms with Gasteiger partial charge in [0.2, 0.25) is 0 Å². The first kappa shape index (κ1) is 13.9. The van der Waals surface area contributed by atoms with Crippen molar-refractivity contribution in [1.29, 1.82) is 0 Å². The van der Waals surface area contributed by atoms with Gasteiger partial charge in [0.25, 0.3) is 0 Å². The van der Waals surface area contributed by atoms with E-state index in [1.165, 1.54) is 6.33 Å². The van der Waals surface area contributed by atoms with Crippen molar-refractivity contribution in [2.75, 3.05) is 18.5 Å². The Bertz CT molecular complexity index is 707. The lowest BCUT2D eigenvalue weighted by Crippen LogP contribution is -2.30. The van der Waals surface area contributed by atoms with Crippen LogP contribution in [0.5, 0.6) is 0 Å². The van der Waals surface area contributed by atoms with Gasteiger partial charge in [-0.25, -0.2) is 14.4 Å². The van der Waals surface area contributed by atoms with Gasteiger partial charge in [-0.3, -0.25) is 0 Å². The fourth-order valence-corrected chi connectivity index (χ4v) is 3.24. The summed E-state index contributed by atoms with van der Waals surface area (Å²) in [6.45, 7) is 0.406. The minimum Gasteiger partial charge on any atom is -0.394 e. The Morgan fingerprint density at radius 2 is 2.32 bits per heavy atom. The number of nitrogens with zero attached hydrogens (tertiary/aromatic N) is 3. The monoisotopic (exact) mass is 308 g/mol. The molecule has 8 heteroatoms. The zero-order chi connectivity index (χ0) is 15.3. The molecule has 2 aliphatic heterocycles. The van der Waals surface area contributed by atoms with Crippen LogP contribution in [0.25, 0.3) is 11.0 Å². The molecule has 4 heterocycles. The highest BCUT2D eigenvalue weighted by molar-refractivity contribution is 5.91. The Morgan fingerprint density at radius 1 is 1.45 bits per heavy atom. The number of aliphatic hydroxyl groups is 2. The standard InChI is InChI=1S/C14H17FN4O3/c15-10-11(21)8(5-20)22-14(10)19-4-7-2-1-3-16-12-9(7)13(19)18-6-17-12/h4,6,8,10-11,14,20-21H,1-3,5H2,(H,16,17,18)/t8-,10-,11-,14-/m1/s1. The maximum Gasteiger partial charge on any atom is 0.173 e. The van der Waals surface area contributed by atoms with Crippen molar-refractivity contribution >= 4 is 16.9 Å². The molecule has 1 saturated heterocycles. The lowest BCUT2D eigenvalue weighted by Gasteiger charge is -2.16. The highest BCUT2D eigenvalue weighted by Gasteiger charge is 2.45. The van der Waals surface area contributed by atoms with E-state index in [9.17, 15) is 14.6 Å². The van der Waals surface area contributed by atoms with E-state index in [1.54, 1.807) is 4.57 Å². The Kier molecular flexibility index (Phi) is 3.24. The second kappa shape index (κ2) is 5.15. The highest BCUT2D eigenvalue weighted by atomic mass is 19.1. The van der Waals surface area contributed by atoms with E-state index >= 15 is 0 Å². The van der Waals surface area contributed by atoms with Gasteiger partial charge in [0.15, 0.2) is 12.4 Å². The van der Waals surface area contributed by atoms with Gasteiger partial charge in [-0.05, 0) is 18.4 Å². The molecule has 4 rings (SSSR count). The minimum absolute atomic E-state index is 0.425. The fourth-order valence-electron chi connectivity index (χ4n) is 3.24. The van der Waals surface area contributed by atoms with E-state index in [-0.39, 0.29) is 0 Å². The molecule has 0 amide bonds. The molecule has 0 spiro atoms. The summed E-state index contributed by atoms with van der Waals surface area (Å²) in [5, 5.41) is 23.1. The first-order valence-corrected chi connectivity index (χ1v) is 7.37. The number of halogens is 1. The second-order valence-electron chi connectivity index (χ2n) is 5.70. The number of anilines is 1. The zero-order valence-electron chi connectivity index (χ0n) is 11.8. The molecule has 4 atom stereocenters. The van der Waals surface area contributed by atoms with Crippen LogP contribution < -0.4 is 5.32 Å². The lowest BCUT2D eigenvalue weighted by atomic mass is 10.1. The van der Waals surface area contributed by atoms with Crippen LogP contribution in [0.2, 0.25) is 0 Å². The fraction of sp³-hybridized carbons (Fsp3) is 0.571. The third-order valence-corrected chi connectivity index (χ3v) is 4.35. The van der Waals surface area contributed by atoms with Gasteiger partial charge < -0.3 is 24.8 Å². The normalized spacial score (nSPS) is 31.2. The van der Waals surface area contributed by atoms with Crippen LogP contribution in [0.4, 0.5) is 10.2 Å². The summed E-state index contributed by atoms with van der Waals surface area (Å²) in [5.74, 6) is 0.740. The number of aryl methyl sites for hydroxylation is 1. The first-order valence-electron chi connectivity index (χ1n) is 7.37. The van der Waals surface area contributed by atoms with Crippen LogP contribution in [0.3, 0.4) is 0 Å². The van der Waals surface area contributed by atoms with Crippen LogP contribution >= 0.6 is 0 Å². The summed E-state index contributed by atoms with van der Waals surface area (Å²) in [5.41, 5.74) is 1.61. The smallest absolute Gasteiger partial charge is 0.173 e. The maximum atomic E-state index is 14.4. The van der Waals surface area contributed by atoms with Crippen LogP contribution in [0.1, 0.15) is 18.2 Å². The molecule has 2 aliphatic rings. The number of alkyl halides is 1. The Labute approximate surface area is 125 Å². The van der Waals surface area contributed by atoms with Crippen molar-refractivity contribution in [2.45, 2.75) is 37.4 Å². The molecule has 0 bridgehead atoms. The van der Waals surface area contributed by atoms with Crippen LogP contribution in [-0.4, -0.2) is 56.3 Å². The van der Waals surface area contributed by atoms with E-state index in [0.29, 0.717) is 5.65 Å². The number of aromatic nitrogens is 3. The van der Waals surface area contributed by atoms with Gasteiger partial charge in [-0.15, -0.1) is 0 Å². The molecule has 0 unspecified atom stereocenters. The molecule has 0 saturated carbocycles. The molecule has 1 fully saturated rings. The summed E-state index contributed by atoms with van der Waals surface area (Å²) in [7, 11) is 0. The summed E-state index contributed by atoms with van der Waals surface area (Å²) in [4.78, 5) is 8.51. The highest BCUT2D eigenvalue weighted by Crippen LogP contribution is 2.37. The molecule has 0 aliphatic carbocycles. The van der Waals surface area contributed by atoms with Gasteiger partial charge in [0.1, 0.15) is 30.0 Å². The first-order chi connectivity index (χ1) is 10.7. The third-order valence-electron chi connectivity index (χ3n) is 4.35. The van der Waals surface area contributed by atoms with E-state index < -0.39 is 31.2 Å². The number of hydrogen-bond donors (Lipinski definition) is 3. The van der Waals surface area contributed by atoms with Crippen molar-refractivity contribution < 1.29 is 19.3 Å². The number of aliphatic hydroxyl groups excluding tert-OH is 2. The molecule has 0 aromatic carbocycles. The molecule has 118 valence electrons. The summed E-state index contributed by atoms with van der Waals surface area (Å²) in [6.07, 6.45) is 0.156. The zero-order valence-corrected chi connectivity index (χ0v) is 11.8.